The second kappa shape index (κ2) is 5.65. The summed E-state index contributed by atoms with van der Waals surface area (Å²) in [7, 11) is 4.37. The quantitative estimate of drug-likeness (QED) is 0.863. The molecule has 0 aliphatic carbocycles. The number of carbonyl (C=O) groups excluding carboxylic acids is 1. The molecule has 1 N–H and O–H groups in total. The number of H-pyrrole nitrogens is 1. The number of aromatic amines is 1. The van der Waals surface area contributed by atoms with Crippen LogP contribution in [0.5, 0.6) is 0 Å². The van der Waals surface area contributed by atoms with Crippen LogP contribution in [0.4, 0.5) is 0 Å². The molecule has 0 radical (unpaired) electrons. The summed E-state index contributed by atoms with van der Waals surface area (Å²) in [6.45, 7) is 2.10. The molecule has 23 heavy (non-hydrogen) atoms. The predicted octanol–water partition coefficient (Wildman–Crippen LogP) is 2.10. The Morgan fingerprint density at radius 2 is 1.87 bits per heavy atom. The number of hydrogen-bond acceptors (Lipinski definition) is 4. The molecule has 3 heterocycles. The lowest BCUT2D eigenvalue weighted by molar-refractivity contribution is -0.0489. The zero-order valence-corrected chi connectivity index (χ0v) is 13.7. The molecule has 2 aliphatic heterocycles. The minimum absolute atomic E-state index is 0.0241. The first-order valence-corrected chi connectivity index (χ1v) is 8.29. The molecule has 0 amide bonds. The molecule has 2 unspecified atom stereocenters. The molecule has 4 rings (SSSR count). The number of likely N-dealkylation sites (N-methyl/N-ethyl adjacent to an activating group) is 2. The SMILES string of the molecule is CN1CC2CC(OC(=O)c3c[nH]c4ccccc34)CC(C1)N2C. The van der Waals surface area contributed by atoms with Gasteiger partial charge in [-0.05, 0) is 20.2 Å². The smallest absolute Gasteiger partial charge is 0.340 e. The van der Waals surface area contributed by atoms with Gasteiger partial charge in [-0.1, -0.05) is 18.2 Å². The summed E-state index contributed by atoms with van der Waals surface area (Å²) in [6, 6.07) is 8.80. The third-order valence-electron chi connectivity index (χ3n) is 5.35. The van der Waals surface area contributed by atoms with E-state index in [1.54, 1.807) is 6.20 Å². The lowest BCUT2D eigenvalue weighted by Gasteiger charge is -2.49. The summed E-state index contributed by atoms with van der Waals surface area (Å²) in [5, 5.41) is 0.936. The summed E-state index contributed by atoms with van der Waals surface area (Å²) in [6.07, 6.45) is 3.63. The Bertz CT molecular complexity index is 710. The highest BCUT2D eigenvalue weighted by Crippen LogP contribution is 2.29. The highest BCUT2D eigenvalue weighted by Gasteiger charge is 2.39. The maximum atomic E-state index is 12.6. The van der Waals surface area contributed by atoms with Crippen LogP contribution in [0.15, 0.2) is 30.5 Å². The molecule has 122 valence electrons. The van der Waals surface area contributed by atoms with E-state index in [9.17, 15) is 4.79 Å². The third-order valence-corrected chi connectivity index (χ3v) is 5.35. The zero-order valence-electron chi connectivity index (χ0n) is 13.7. The van der Waals surface area contributed by atoms with E-state index in [1.165, 1.54) is 0 Å². The Kier molecular flexibility index (Phi) is 3.62. The fourth-order valence-corrected chi connectivity index (χ4v) is 4.09. The van der Waals surface area contributed by atoms with Crippen LogP contribution in [0, 0.1) is 0 Å². The molecule has 2 fully saturated rings. The van der Waals surface area contributed by atoms with Crippen molar-refractivity contribution in [2.75, 3.05) is 27.2 Å². The lowest BCUT2D eigenvalue weighted by atomic mass is 9.90. The summed E-state index contributed by atoms with van der Waals surface area (Å²) in [4.78, 5) is 20.6. The third kappa shape index (κ3) is 2.64. The van der Waals surface area contributed by atoms with Crippen molar-refractivity contribution in [1.29, 1.82) is 0 Å². The van der Waals surface area contributed by atoms with Crippen LogP contribution in [-0.2, 0) is 4.74 Å². The van der Waals surface area contributed by atoms with Gasteiger partial charge >= 0.3 is 5.97 Å². The van der Waals surface area contributed by atoms with Crippen LogP contribution in [0.1, 0.15) is 23.2 Å². The summed E-state index contributed by atoms with van der Waals surface area (Å²) in [5.41, 5.74) is 1.61. The van der Waals surface area contributed by atoms with Crippen molar-refractivity contribution in [2.45, 2.75) is 31.0 Å². The van der Waals surface area contributed by atoms with E-state index in [1.807, 2.05) is 24.3 Å². The Labute approximate surface area is 136 Å². The number of piperidine rings is 1. The largest absolute Gasteiger partial charge is 0.459 e. The normalized spacial score (nSPS) is 28.9. The van der Waals surface area contributed by atoms with Crippen LogP contribution >= 0.6 is 0 Å². The van der Waals surface area contributed by atoms with E-state index >= 15 is 0 Å². The Balaban J connectivity index is 1.49. The van der Waals surface area contributed by atoms with E-state index in [0.29, 0.717) is 17.6 Å². The average molecular weight is 313 g/mol. The number of rotatable bonds is 2. The number of nitrogens with one attached hydrogen (secondary N) is 1. The fourth-order valence-electron chi connectivity index (χ4n) is 4.09. The monoisotopic (exact) mass is 313 g/mol. The first-order chi connectivity index (χ1) is 11.1. The maximum Gasteiger partial charge on any atom is 0.340 e. The van der Waals surface area contributed by atoms with Gasteiger partial charge in [0.25, 0.3) is 0 Å². The highest BCUT2D eigenvalue weighted by atomic mass is 16.5. The maximum absolute atomic E-state index is 12.6. The Morgan fingerprint density at radius 1 is 1.17 bits per heavy atom. The van der Waals surface area contributed by atoms with Gasteiger partial charge in [-0.25, -0.2) is 4.79 Å². The second-order valence-electron chi connectivity index (χ2n) is 6.94. The van der Waals surface area contributed by atoms with Gasteiger partial charge in [-0.15, -0.1) is 0 Å². The molecule has 2 aromatic rings. The van der Waals surface area contributed by atoms with Crippen molar-refractivity contribution in [2.24, 2.45) is 0 Å². The zero-order chi connectivity index (χ0) is 16.0. The predicted molar refractivity (Wildman–Crippen MR) is 89.6 cm³/mol. The van der Waals surface area contributed by atoms with Gasteiger partial charge < -0.3 is 14.6 Å². The Morgan fingerprint density at radius 3 is 2.61 bits per heavy atom. The van der Waals surface area contributed by atoms with Crippen LogP contribution in [-0.4, -0.2) is 66.1 Å². The number of ether oxygens (including phenoxy) is 1. The molecule has 1 aromatic heterocycles. The molecular weight excluding hydrogens is 290 g/mol. The van der Waals surface area contributed by atoms with Crippen molar-refractivity contribution >= 4 is 16.9 Å². The number of para-hydroxylation sites is 1. The van der Waals surface area contributed by atoms with Crippen molar-refractivity contribution in [3.05, 3.63) is 36.0 Å². The number of nitrogens with zero attached hydrogens (tertiary/aromatic N) is 2. The first kappa shape index (κ1) is 14.7. The van der Waals surface area contributed by atoms with Crippen molar-refractivity contribution in [3.8, 4) is 0 Å². The molecule has 2 bridgehead atoms. The minimum Gasteiger partial charge on any atom is -0.459 e. The van der Waals surface area contributed by atoms with E-state index in [2.05, 4.69) is 28.9 Å². The van der Waals surface area contributed by atoms with Crippen molar-refractivity contribution < 1.29 is 9.53 Å². The minimum atomic E-state index is -0.205. The van der Waals surface area contributed by atoms with Gasteiger partial charge in [0.15, 0.2) is 0 Å². The molecule has 2 aliphatic rings. The van der Waals surface area contributed by atoms with Crippen LogP contribution < -0.4 is 0 Å². The number of benzene rings is 1. The number of esters is 1. The molecule has 5 nitrogen and oxygen atoms in total. The molecule has 0 saturated carbocycles. The summed E-state index contributed by atoms with van der Waals surface area (Å²) >= 11 is 0. The Hall–Kier alpha value is -1.85. The summed E-state index contributed by atoms with van der Waals surface area (Å²) < 4.78 is 5.86. The van der Waals surface area contributed by atoms with Gasteiger partial charge in [-0.2, -0.15) is 0 Å². The second-order valence-corrected chi connectivity index (χ2v) is 6.94. The van der Waals surface area contributed by atoms with Crippen molar-refractivity contribution in [1.82, 2.24) is 14.8 Å². The van der Waals surface area contributed by atoms with Gasteiger partial charge in [0.1, 0.15) is 6.10 Å². The van der Waals surface area contributed by atoms with E-state index < -0.39 is 0 Å². The topological polar surface area (TPSA) is 48.6 Å². The molecular formula is C18H23N3O2. The molecule has 0 spiro atoms. The van der Waals surface area contributed by atoms with Gasteiger partial charge in [-0.3, -0.25) is 4.90 Å². The number of hydrogen-bond donors (Lipinski definition) is 1. The molecule has 2 atom stereocenters. The lowest BCUT2D eigenvalue weighted by Crippen LogP contribution is -2.61. The van der Waals surface area contributed by atoms with Gasteiger partial charge in [0.05, 0.1) is 5.56 Å². The van der Waals surface area contributed by atoms with E-state index in [-0.39, 0.29) is 12.1 Å². The molecule has 5 heteroatoms. The number of likely N-dealkylation sites (tertiary alicyclic amines) is 1. The number of piperazine rings is 1. The molecule has 2 saturated heterocycles. The number of carbonyl (C=O) groups is 1. The fraction of sp³-hybridized carbons (Fsp3) is 0.500. The van der Waals surface area contributed by atoms with E-state index in [4.69, 9.17) is 4.74 Å². The van der Waals surface area contributed by atoms with Crippen LogP contribution in [0.2, 0.25) is 0 Å². The number of fused-ring (bicyclic) bond motifs is 3. The van der Waals surface area contributed by atoms with Gasteiger partial charge in [0.2, 0.25) is 0 Å². The first-order valence-electron chi connectivity index (χ1n) is 8.29. The molecule has 1 aromatic carbocycles. The number of aromatic nitrogens is 1. The highest BCUT2D eigenvalue weighted by molar-refractivity contribution is 6.04. The van der Waals surface area contributed by atoms with Gasteiger partial charge in [0, 0.05) is 55.1 Å². The summed E-state index contributed by atoms with van der Waals surface area (Å²) in [5.74, 6) is -0.205. The average Bonchev–Trinajstić information content (AvgIpc) is 2.93. The van der Waals surface area contributed by atoms with Crippen LogP contribution in [0.25, 0.3) is 10.9 Å². The van der Waals surface area contributed by atoms with E-state index in [0.717, 1.165) is 36.8 Å². The van der Waals surface area contributed by atoms with Crippen LogP contribution in [0.3, 0.4) is 0 Å². The standard InChI is InChI=1S/C18H23N3O2/c1-20-10-12-7-14(8-13(11-20)21(12)2)23-18(22)16-9-19-17-6-4-3-5-15(16)17/h3-6,9,12-14,19H,7-8,10-11H2,1-2H3. The van der Waals surface area contributed by atoms with Crippen molar-refractivity contribution in [3.63, 3.8) is 0 Å².